The molecule has 0 nitrogen and oxygen atoms in total. The molecule has 3 heteroatoms. The van der Waals surface area contributed by atoms with Crippen molar-refractivity contribution in [2.45, 2.75) is 31.5 Å². The van der Waals surface area contributed by atoms with Gasteiger partial charge in [0.25, 0.3) is 0 Å². The first-order chi connectivity index (χ1) is 7.00. The van der Waals surface area contributed by atoms with Gasteiger partial charge in [-0.1, -0.05) is 35.8 Å². The van der Waals surface area contributed by atoms with E-state index in [1.807, 2.05) is 12.1 Å². The first kappa shape index (κ1) is 13.2. The van der Waals surface area contributed by atoms with Crippen LogP contribution in [0.15, 0.2) is 22.7 Å². The average molecular weight is 338 g/mol. The average Bonchev–Trinajstić information content (AvgIpc) is 2.18. The predicted octanol–water partition coefficient (Wildman–Crippen LogP) is 5.46. The van der Waals surface area contributed by atoms with Crippen molar-refractivity contribution in [1.82, 2.24) is 0 Å². The zero-order valence-electron chi connectivity index (χ0n) is 8.93. The van der Waals surface area contributed by atoms with Gasteiger partial charge in [0.15, 0.2) is 0 Å². The Balaban J connectivity index is 2.65. The lowest BCUT2D eigenvalue weighted by Crippen LogP contribution is -1.95. The molecule has 15 heavy (non-hydrogen) atoms. The summed E-state index contributed by atoms with van der Waals surface area (Å²) < 4.78 is 13.6. The molecule has 0 aliphatic rings. The fourth-order valence-corrected chi connectivity index (χ4v) is 2.30. The summed E-state index contributed by atoms with van der Waals surface area (Å²) >= 11 is 6.83. The molecule has 1 aromatic rings. The summed E-state index contributed by atoms with van der Waals surface area (Å²) in [4.78, 5) is 0.316. The van der Waals surface area contributed by atoms with Crippen LogP contribution < -0.4 is 0 Å². The standard InChI is InChI=1S/C12H15Br2F/c1-8(2)3-5-10(13)9-4-6-12(15)11(14)7-9/h4,6-8,10H,3,5H2,1-2H3. The number of hydrogen-bond donors (Lipinski definition) is 0. The Morgan fingerprint density at radius 1 is 1.27 bits per heavy atom. The van der Waals surface area contributed by atoms with Crippen LogP contribution in [0.2, 0.25) is 0 Å². The Kier molecular flexibility index (Phi) is 5.27. The number of alkyl halides is 1. The molecule has 0 saturated carbocycles. The van der Waals surface area contributed by atoms with E-state index in [2.05, 4.69) is 45.7 Å². The van der Waals surface area contributed by atoms with Crippen molar-refractivity contribution in [3.63, 3.8) is 0 Å². The second-order valence-electron chi connectivity index (χ2n) is 4.11. The maximum absolute atomic E-state index is 13.0. The van der Waals surface area contributed by atoms with Crippen LogP contribution in [0.25, 0.3) is 0 Å². The third kappa shape index (κ3) is 4.23. The highest BCUT2D eigenvalue weighted by molar-refractivity contribution is 9.10. The van der Waals surface area contributed by atoms with Crippen LogP contribution in [0.3, 0.4) is 0 Å². The third-order valence-corrected chi connectivity index (χ3v) is 3.90. The second-order valence-corrected chi connectivity index (χ2v) is 6.07. The molecule has 0 saturated heterocycles. The largest absolute Gasteiger partial charge is 0.206 e. The van der Waals surface area contributed by atoms with E-state index in [1.54, 1.807) is 0 Å². The Bertz CT molecular complexity index is 323. The molecule has 0 aliphatic heterocycles. The molecule has 0 N–H and O–H groups in total. The quantitative estimate of drug-likeness (QED) is 0.640. The molecule has 1 rings (SSSR count). The van der Waals surface area contributed by atoms with E-state index >= 15 is 0 Å². The lowest BCUT2D eigenvalue weighted by Gasteiger charge is -2.12. The second kappa shape index (κ2) is 6.00. The van der Waals surface area contributed by atoms with Gasteiger partial charge in [-0.3, -0.25) is 0 Å². The van der Waals surface area contributed by atoms with Crippen LogP contribution in [0, 0.1) is 11.7 Å². The smallest absolute Gasteiger partial charge is 0.137 e. The molecular weight excluding hydrogens is 323 g/mol. The lowest BCUT2D eigenvalue weighted by atomic mass is 10.0. The minimum absolute atomic E-state index is 0.206. The fraction of sp³-hybridized carbons (Fsp3) is 0.500. The molecule has 0 aromatic heterocycles. The number of hydrogen-bond acceptors (Lipinski definition) is 0. The summed E-state index contributed by atoms with van der Waals surface area (Å²) in [5.41, 5.74) is 1.13. The molecule has 1 unspecified atom stereocenters. The first-order valence-electron chi connectivity index (χ1n) is 5.09. The highest BCUT2D eigenvalue weighted by Gasteiger charge is 2.10. The Morgan fingerprint density at radius 3 is 2.47 bits per heavy atom. The van der Waals surface area contributed by atoms with Gasteiger partial charge in [0.1, 0.15) is 5.82 Å². The lowest BCUT2D eigenvalue weighted by molar-refractivity contribution is 0.553. The highest BCUT2D eigenvalue weighted by atomic mass is 79.9. The van der Waals surface area contributed by atoms with Crippen LogP contribution in [0.1, 0.15) is 37.1 Å². The van der Waals surface area contributed by atoms with Crippen LogP contribution in [0.4, 0.5) is 4.39 Å². The van der Waals surface area contributed by atoms with Gasteiger partial charge < -0.3 is 0 Å². The monoisotopic (exact) mass is 336 g/mol. The molecule has 0 bridgehead atoms. The molecule has 1 atom stereocenters. The summed E-state index contributed by atoms with van der Waals surface area (Å²) in [6, 6.07) is 5.18. The molecule has 0 spiro atoms. The van der Waals surface area contributed by atoms with Crippen LogP contribution in [0.5, 0.6) is 0 Å². The maximum atomic E-state index is 13.0. The summed E-state index contributed by atoms with van der Waals surface area (Å²) in [5, 5.41) is 0. The van der Waals surface area contributed by atoms with Crippen molar-refractivity contribution in [3.05, 3.63) is 34.1 Å². The van der Waals surface area contributed by atoms with E-state index in [1.165, 1.54) is 12.5 Å². The molecule has 84 valence electrons. The van der Waals surface area contributed by atoms with E-state index in [9.17, 15) is 4.39 Å². The van der Waals surface area contributed by atoms with Gasteiger partial charge in [0, 0.05) is 4.83 Å². The minimum Gasteiger partial charge on any atom is -0.206 e. The van der Waals surface area contributed by atoms with Crippen molar-refractivity contribution in [2.24, 2.45) is 5.92 Å². The van der Waals surface area contributed by atoms with E-state index in [0.29, 0.717) is 15.2 Å². The van der Waals surface area contributed by atoms with Crippen molar-refractivity contribution in [2.75, 3.05) is 0 Å². The topological polar surface area (TPSA) is 0 Å². The molecule has 0 radical (unpaired) electrons. The van der Waals surface area contributed by atoms with Crippen molar-refractivity contribution in [3.8, 4) is 0 Å². The molecular formula is C12H15Br2F. The number of halogens is 3. The minimum atomic E-state index is -0.206. The Morgan fingerprint density at radius 2 is 1.93 bits per heavy atom. The zero-order valence-corrected chi connectivity index (χ0v) is 12.1. The SMILES string of the molecule is CC(C)CCC(Br)c1ccc(F)c(Br)c1. The molecule has 0 fully saturated rings. The van der Waals surface area contributed by atoms with E-state index in [4.69, 9.17) is 0 Å². The number of rotatable bonds is 4. The van der Waals surface area contributed by atoms with E-state index in [0.717, 1.165) is 12.0 Å². The van der Waals surface area contributed by atoms with E-state index in [-0.39, 0.29) is 5.82 Å². The van der Waals surface area contributed by atoms with Gasteiger partial charge >= 0.3 is 0 Å². The number of benzene rings is 1. The predicted molar refractivity (Wildman–Crippen MR) is 69.8 cm³/mol. The molecule has 0 heterocycles. The molecule has 0 aliphatic carbocycles. The van der Waals surface area contributed by atoms with Gasteiger partial charge in [-0.2, -0.15) is 0 Å². The normalized spacial score (nSPS) is 13.2. The fourth-order valence-electron chi connectivity index (χ4n) is 1.35. The third-order valence-electron chi connectivity index (χ3n) is 2.30. The van der Waals surface area contributed by atoms with Crippen LogP contribution >= 0.6 is 31.9 Å². The zero-order chi connectivity index (χ0) is 11.4. The van der Waals surface area contributed by atoms with Crippen LogP contribution in [-0.2, 0) is 0 Å². The summed E-state index contributed by atoms with van der Waals surface area (Å²) in [6.45, 7) is 4.42. The van der Waals surface area contributed by atoms with Crippen molar-refractivity contribution < 1.29 is 4.39 Å². The van der Waals surface area contributed by atoms with Crippen LogP contribution in [-0.4, -0.2) is 0 Å². The first-order valence-corrected chi connectivity index (χ1v) is 6.80. The summed E-state index contributed by atoms with van der Waals surface area (Å²) in [6.07, 6.45) is 2.25. The summed E-state index contributed by atoms with van der Waals surface area (Å²) in [5.74, 6) is 0.497. The van der Waals surface area contributed by atoms with Gasteiger partial charge in [0.05, 0.1) is 4.47 Å². The van der Waals surface area contributed by atoms with Gasteiger partial charge in [0.2, 0.25) is 0 Å². The van der Waals surface area contributed by atoms with Gasteiger partial charge in [-0.15, -0.1) is 0 Å². The van der Waals surface area contributed by atoms with Crippen molar-refractivity contribution >= 4 is 31.9 Å². The summed E-state index contributed by atoms with van der Waals surface area (Å²) in [7, 11) is 0. The Labute approximate surface area is 108 Å². The molecule has 0 amide bonds. The van der Waals surface area contributed by atoms with E-state index < -0.39 is 0 Å². The Hall–Kier alpha value is 0.110. The molecule has 1 aromatic carbocycles. The highest BCUT2D eigenvalue weighted by Crippen LogP contribution is 2.31. The maximum Gasteiger partial charge on any atom is 0.137 e. The van der Waals surface area contributed by atoms with Gasteiger partial charge in [-0.05, 0) is 52.4 Å². The van der Waals surface area contributed by atoms with Gasteiger partial charge in [-0.25, -0.2) is 4.39 Å². The van der Waals surface area contributed by atoms with Crippen molar-refractivity contribution in [1.29, 1.82) is 0 Å².